The molecule has 2 atom stereocenters. The van der Waals surface area contributed by atoms with E-state index in [0.717, 1.165) is 23.5 Å². The summed E-state index contributed by atoms with van der Waals surface area (Å²) in [5.41, 5.74) is 1.24. The first-order valence-corrected chi connectivity index (χ1v) is 9.08. The molecule has 0 saturated heterocycles. The van der Waals surface area contributed by atoms with Gasteiger partial charge in [0.1, 0.15) is 5.84 Å². The normalized spacial score (nSPS) is 19.1. The van der Waals surface area contributed by atoms with E-state index in [1.807, 2.05) is 38.1 Å². The van der Waals surface area contributed by atoms with Gasteiger partial charge in [0.25, 0.3) is 5.91 Å². The predicted molar refractivity (Wildman–Crippen MR) is 104 cm³/mol. The highest BCUT2D eigenvalue weighted by Crippen LogP contribution is 2.35. The smallest absolute Gasteiger partial charge is 0.390 e. The number of benzene rings is 2. The van der Waals surface area contributed by atoms with Crippen LogP contribution in [0.1, 0.15) is 40.0 Å². The van der Waals surface area contributed by atoms with Crippen LogP contribution in [0.5, 0.6) is 0 Å². The molecule has 1 amide bonds. The Morgan fingerprint density at radius 3 is 2.59 bits per heavy atom. The summed E-state index contributed by atoms with van der Waals surface area (Å²) in [6, 6.07) is 8.96. The molecule has 1 aliphatic rings. The van der Waals surface area contributed by atoms with Gasteiger partial charge in [-0.25, -0.2) is 4.99 Å². The van der Waals surface area contributed by atoms with Crippen molar-refractivity contribution in [3.8, 4) is 0 Å². The summed E-state index contributed by atoms with van der Waals surface area (Å²) in [6.45, 7) is 1.86. The van der Waals surface area contributed by atoms with E-state index >= 15 is 0 Å². The van der Waals surface area contributed by atoms with Crippen molar-refractivity contribution in [2.24, 2.45) is 4.99 Å². The van der Waals surface area contributed by atoms with E-state index in [1.54, 1.807) is 6.07 Å². The summed E-state index contributed by atoms with van der Waals surface area (Å²) in [5.74, 6) is 0.111. The lowest BCUT2D eigenvalue weighted by Gasteiger charge is -2.19. The minimum atomic E-state index is -4.53. The molecule has 0 heterocycles. The molecule has 2 aromatic carbocycles. The third-order valence-corrected chi connectivity index (χ3v) is 4.96. The largest absolute Gasteiger partial charge is 0.416 e. The first kappa shape index (κ1) is 20.9. The molecule has 3 rings (SSSR count). The molecule has 29 heavy (non-hydrogen) atoms. The number of hydrogen-bond donors (Lipinski definition) is 2. The van der Waals surface area contributed by atoms with Crippen LogP contribution in [0.4, 0.5) is 18.9 Å². The van der Waals surface area contributed by atoms with Gasteiger partial charge in [-0.05, 0) is 48.4 Å². The Kier molecular flexibility index (Phi) is 5.66. The van der Waals surface area contributed by atoms with Crippen LogP contribution in [0.2, 0.25) is 0 Å². The van der Waals surface area contributed by atoms with Gasteiger partial charge in [-0.1, -0.05) is 12.1 Å². The Bertz CT molecular complexity index is 954. The third kappa shape index (κ3) is 4.59. The van der Waals surface area contributed by atoms with Crippen molar-refractivity contribution in [2.45, 2.75) is 31.7 Å². The minimum absolute atomic E-state index is 0.113. The van der Waals surface area contributed by atoms with Gasteiger partial charge in [-0.3, -0.25) is 4.79 Å². The molecule has 0 aromatic heterocycles. The number of amidine groups is 1. The van der Waals surface area contributed by atoms with Crippen molar-refractivity contribution in [3.63, 3.8) is 0 Å². The lowest BCUT2D eigenvalue weighted by Crippen LogP contribution is -2.34. The van der Waals surface area contributed by atoms with Gasteiger partial charge in [0.05, 0.1) is 23.4 Å². The Balaban J connectivity index is 1.86. The van der Waals surface area contributed by atoms with Crippen LogP contribution in [0, 0.1) is 0 Å². The third-order valence-electron chi connectivity index (χ3n) is 4.96. The maximum atomic E-state index is 12.9. The second kappa shape index (κ2) is 7.87. The molecule has 1 aliphatic carbocycles. The fourth-order valence-electron chi connectivity index (χ4n) is 3.20. The Morgan fingerprint density at radius 1 is 1.21 bits per heavy atom. The molecule has 0 saturated carbocycles. The number of aliphatic imine (C=N–C) groups is 1. The second-order valence-electron chi connectivity index (χ2n) is 7.24. The van der Waals surface area contributed by atoms with Crippen molar-refractivity contribution in [1.29, 1.82) is 0 Å². The Labute approximate surface area is 166 Å². The number of nitrogens with zero attached hydrogens (tertiary/aromatic N) is 2. The molecular formula is C21H22F3N3O2. The number of carbonyl (C=O) groups is 1. The summed E-state index contributed by atoms with van der Waals surface area (Å²) < 4.78 is 38.7. The molecule has 0 aliphatic heterocycles. The van der Waals surface area contributed by atoms with Crippen molar-refractivity contribution in [3.05, 3.63) is 64.7 Å². The van der Waals surface area contributed by atoms with Gasteiger partial charge < -0.3 is 15.3 Å². The van der Waals surface area contributed by atoms with Crippen LogP contribution < -0.4 is 5.32 Å². The van der Waals surface area contributed by atoms with Gasteiger partial charge >= 0.3 is 6.18 Å². The highest BCUT2D eigenvalue weighted by Gasteiger charge is 2.34. The van der Waals surface area contributed by atoms with Gasteiger partial charge in [-0.2, -0.15) is 13.2 Å². The number of rotatable bonds is 3. The highest BCUT2D eigenvalue weighted by atomic mass is 19.4. The topological polar surface area (TPSA) is 64.9 Å². The number of halogens is 3. The molecule has 154 valence electrons. The summed E-state index contributed by atoms with van der Waals surface area (Å²) in [4.78, 5) is 18.9. The second-order valence-corrected chi connectivity index (χ2v) is 7.24. The molecule has 5 nitrogen and oxygen atoms in total. The fraction of sp³-hybridized carbons (Fsp3) is 0.333. The SMILES string of the molecule is CC(=Nc1ccc2c(c1)C(NC(=O)c1cccc(C(F)(F)F)c1)[C@H](O)C2)N(C)C. The number of nitrogens with one attached hydrogen (secondary N) is 1. The quantitative estimate of drug-likeness (QED) is 0.605. The molecular weight excluding hydrogens is 383 g/mol. The summed E-state index contributed by atoms with van der Waals surface area (Å²) in [7, 11) is 3.74. The monoisotopic (exact) mass is 405 g/mol. The van der Waals surface area contributed by atoms with Gasteiger partial charge in [0, 0.05) is 26.1 Å². The average molecular weight is 405 g/mol. The van der Waals surface area contributed by atoms with E-state index in [0.29, 0.717) is 17.7 Å². The van der Waals surface area contributed by atoms with Crippen LogP contribution >= 0.6 is 0 Å². The molecule has 0 spiro atoms. The van der Waals surface area contributed by atoms with E-state index < -0.39 is 29.8 Å². The van der Waals surface area contributed by atoms with Crippen LogP contribution in [0.15, 0.2) is 47.5 Å². The molecule has 0 fully saturated rings. The average Bonchev–Trinajstić information content (AvgIpc) is 2.96. The summed E-state index contributed by atoms with van der Waals surface area (Å²) in [6.07, 6.45) is -5.05. The number of alkyl halides is 3. The molecule has 0 radical (unpaired) electrons. The van der Waals surface area contributed by atoms with Crippen molar-refractivity contribution in [2.75, 3.05) is 14.1 Å². The van der Waals surface area contributed by atoms with E-state index in [1.165, 1.54) is 12.1 Å². The zero-order valence-electron chi connectivity index (χ0n) is 16.3. The number of aliphatic hydroxyl groups excluding tert-OH is 1. The van der Waals surface area contributed by atoms with Gasteiger partial charge in [0.15, 0.2) is 0 Å². The number of fused-ring (bicyclic) bond motifs is 1. The molecule has 1 unspecified atom stereocenters. The van der Waals surface area contributed by atoms with E-state index in [2.05, 4.69) is 10.3 Å². The number of amides is 1. The first-order chi connectivity index (χ1) is 13.6. The van der Waals surface area contributed by atoms with Crippen molar-refractivity contribution in [1.82, 2.24) is 10.2 Å². The Hall–Kier alpha value is -2.87. The molecule has 2 N–H and O–H groups in total. The summed E-state index contributed by atoms with van der Waals surface area (Å²) in [5, 5.41) is 13.1. The van der Waals surface area contributed by atoms with Crippen LogP contribution in [-0.2, 0) is 12.6 Å². The maximum Gasteiger partial charge on any atom is 0.416 e. The van der Waals surface area contributed by atoms with Crippen LogP contribution in [0.25, 0.3) is 0 Å². The molecule has 2 aromatic rings. The van der Waals surface area contributed by atoms with Gasteiger partial charge in [0.2, 0.25) is 0 Å². The maximum absolute atomic E-state index is 12.9. The number of aliphatic hydroxyl groups is 1. The lowest BCUT2D eigenvalue weighted by molar-refractivity contribution is -0.137. The van der Waals surface area contributed by atoms with E-state index in [9.17, 15) is 23.1 Å². The van der Waals surface area contributed by atoms with E-state index in [-0.39, 0.29) is 5.56 Å². The first-order valence-electron chi connectivity index (χ1n) is 9.08. The van der Waals surface area contributed by atoms with Crippen molar-refractivity contribution < 1.29 is 23.1 Å². The fourth-order valence-corrected chi connectivity index (χ4v) is 3.20. The summed E-state index contributed by atoms with van der Waals surface area (Å²) >= 11 is 0. The Morgan fingerprint density at radius 2 is 1.93 bits per heavy atom. The van der Waals surface area contributed by atoms with Gasteiger partial charge in [-0.15, -0.1) is 0 Å². The molecule has 8 heteroatoms. The van der Waals surface area contributed by atoms with Crippen LogP contribution in [0.3, 0.4) is 0 Å². The minimum Gasteiger partial charge on any atom is -0.390 e. The number of carbonyl (C=O) groups excluding carboxylic acids is 1. The zero-order valence-corrected chi connectivity index (χ0v) is 16.3. The highest BCUT2D eigenvalue weighted by molar-refractivity contribution is 5.94. The van der Waals surface area contributed by atoms with E-state index in [4.69, 9.17) is 0 Å². The predicted octanol–water partition coefficient (Wildman–Crippen LogP) is 3.71. The standard InChI is InChI=1S/C21H22F3N3O2/c1-12(27(2)3)25-16-8-7-13-10-18(28)19(17(13)11-16)26-20(29)14-5-4-6-15(9-14)21(22,23)24/h4-9,11,18-19,28H,10H2,1-3H3,(H,26,29)/t18-,19?/m1/s1. The zero-order chi connectivity index (χ0) is 21.3. The van der Waals surface area contributed by atoms with Crippen LogP contribution in [-0.4, -0.2) is 41.9 Å². The molecule has 0 bridgehead atoms. The number of hydrogen-bond acceptors (Lipinski definition) is 3. The lowest BCUT2D eigenvalue weighted by atomic mass is 10.1. The van der Waals surface area contributed by atoms with Crippen molar-refractivity contribution >= 4 is 17.4 Å².